The third kappa shape index (κ3) is 15.4. The SMILES string of the molecule is C=C(C)C1CCN(/C(C)=C/OC)CC1.CC.CC.CC.CN. The predicted octanol–water partition coefficient (Wildman–Crippen LogP) is 5.44. The van der Waals surface area contributed by atoms with E-state index in [0.29, 0.717) is 0 Å². The smallest absolute Gasteiger partial charge is 0.101 e. The molecule has 0 bridgehead atoms. The Morgan fingerprint density at radius 1 is 1.00 bits per heavy atom. The molecule has 1 fully saturated rings. The summed E-state index contributed by atoms with van der Waals surface area (Å²) in [5.74, 6) is 0.724. The fraction of sp³-hybridized carbons (Fsp3) is 0.789. The first-order valence-corrected chi connectivity index (χ1v) is 8.82. The lowest BCUT2D eigenvalue weighted by atomic mass is 9.91. The highest BCUT2D eigenvalue weighted by atomic mass is 16.5. The number of likely N-dealkylation sites (tertiary alicyclic amines) is 1. The average Bonchev–Trinajstić information content (AvgIpc) is 2.62. The van der Waals surface area contributed by atoms with Crippen molar-refractivity contribution in [2.75, 3.05) is 27.2 Å². The van der Waals surface area contributed by atoms with Gasteiger partial charge in [0, 0.05) is 18.8 Å². The first kappa shape index (κ1) is 29.1. The number of nitrogens with zero attached hydrogens (tertiary/aromatic N) is 1. The van der Waals surface area contributed by atoms with E-state index in [1.165, 1.54) is 31.2 Å². The number of piperidine rings is 1. The Kier molecular flexibility index (Phi) is 33.1. The van der Waals surface area contributed by atoms with Crippen LogP contribution in [0.3, 0.4) is 0 Å². The van der Waals surface area contributed by atoms with E-state index in [1.54, 1.807) is 7.11 Å². The molecule has 0 radical (unpaired) electrons. The fourth-order valence-electron chi connectivity index (χ4n) is 1.97. The number of nitrogens with two attached hydrogens (primary N) is 1. The summed E-state index contributed by atoms with van der Waals surface area (Å²) in [5, 5.41) is 0. The molecule has 0 aliphatic carbocycles. The number of methoxy groups -OCH3 is 1. The molecule has 136 valence electrons. The minimum Gasteiger partial charge on any atom is -0.503 e. The number of hydrogen-bond acceptors (Lipinski definition) is 3. The van der Waals surface area contributed by atoms with Crippen molar-refractivity contribution in [3.05, 3.63) is 24.1 Å². The topological polar surface area (TPSA) is 38.5 Å². The van der Waals surface area contributed by atoms with E-state index in [-0.39, 0.29) is 0 Å². The molecule has 1 rings (SSSR count). The van der Waals surface area contributed by atoms with Crippen LogP contribution in [-0.2, 0) is 4.74 Å². The van der Waals surface area contributed by atoms with Gasteiger partial charge in [-0.3, -0.25) is 0 Å². The normalized spacial score (nSPS) is 13.6. The van der Waals surface area contributed by atoms with Gasteiger partial charge in [0.1, 0.15) is 6.26 Å². The van der Waals surface area contributed by atoms with Crippen molar-refractivity contribution in [3.8, 4) is 0 Å². The molecule has 0 saturated carbocycles. The molecule has 0 aromatic rings. The highest BCUT2D eigenvalue weighted by Gasteiger charge is 2.19. The second-order valence-electron chi connectivity index (χ2n) is 4.10. The van der Waals surface area contributed by atoms with Crippen LogP contribution in [0.25, 0.3) is 0 Å². The lowest BCUT2D eigenvalue weighted by Crippen LogP contribution is -2.32. The molecule has 0 spiro atoms. The second-order valence-corrected chi connectivity index (χ2v) is 4.10. The summed E-state index contributed by atoms with van der Waals surface area (Å²) < 4.78 is 5.01. The predicted molar refractivity (Wildman–Crippen MR) is 104 cm³/mol. The maximum atomic E-state index is 5.01. The van der Waals surface area contributed by atoms with Crippen molar-refractivity contribution >= 4 is 0 Å². The lowest BCUT2D eigenvalue weighted by molar-refractivity contribution is 0.230. The summed E-state index contributed by atoms with van der Waals surface area (Å²) in [5.41, 5.74) is 7.06. The van der Waals surface area contributed by atoms with Crippen molar-refractivity contribution in [1.82, 2.24) is 4.90 Å². The van der Waals surface area contributed by atoms with Crippen LogP contribution in [0.15, 0.2) is 24.1 Å². The molecule has 0 unspecified atom stereocenters. The molecule has 22 heavy (non-hydrogen) atoms. The molecule has 2 N–H and O–H groups in total. The molecule has 3 nitrogen and oxygen atoms in total. The van der Waals surface area contributed by atoms with Gasteiger partial charge in [-0.05, 0) is 39.7 Å². The molecule has 1 aliphatic rings. The van der Waals surface area contributed by atoms with Crippen LogP contribution >= 0.6 is 0 Å². The summed E-state index contributed by atoms with van der Waals surface area (Å²) in [4.78, 5) is 2.38. The van der Waals surface area contributed by atoms with Gasteiger partial charge in [0.25, 0.3) is 0 Å². The molecule has 1 heterocycles. The first-order valence-electron chi connectivity index (χ1n) is 8.82. The van der Waals surface area contributed by atoms with Crippen molar-refractivity contribution < 1.29 is 4.74 Å². The van der Waals surface area contributed by atoms with E-state index in [0.717, 1.165) is 19.0 Å². The minimum absolute atomic E-state index is 0.724. The van der Waals surface area contributed by atoms with E-state index in [2.05, 4.69) is 31.1 Å². The molecule has 1 aliphatic heterocycles. The number of allylic oxidation sites excluding steroid dienone is 2. The van der Waals surface area contributed by atoms with Crippen LogP contribution in [0, 0.1) is 5.92 Å². The second kappa shape index (κ2) is 25.0. The lowest BCUT2D eigenvalue weighted by Gasteiger charge is -2.34. The maximum absolute atomic E-state index is 5.01. The van der Waals surface area contributed by atoms with E-state index in [4.69, 9.17) is 4.74 Å². The van der Waals surface area contributed by atoms with E-state index in [1.807, 2.05) is 47.8 Å². The number of rotatable bonds is 3. The third-order valence-electron chi connectivity index (χ3n) is 2.98. The Hall–Kier alpha value is -0.960. The maximum Gasteiger partial charge on any atom is 0.101 e. The van der Waals surface area contributed by atoms with E-state index < -0.39 is 0 Å². The van der Waals surface area contributed by atoms with Gasteiger partial charge in [0.05, 0.1) is 7.11 Å². The highest BCUT2D eigenvalue weighted by molar-refractivity contribution is 5.02. The van der Waals surface area contributed by atoms with Crippen LogP contribution in [0.1, 0.15) is 68.2 Å². The zero-order valence-corrected chi connectivity index (χ0v) is 17.1. The molecule has 0 aromatic carbocycles. The zero-order chi connectivity index (χ0) is 18.6. The summed E-state index contributed by atoms with van der Waals surface area (Å²) in [6.45, 7) is 22.5. The summed E-state index contributed by atoms with van der Waals surface area (Å²) in [6.07, 6.45) is 4.27. The Morgan fingerprint density at radius 2 is 1.36 bits per heavy atom. The highest BCUT2D eigenvalue weighted by Crippen LogP contribution is 2.24. The van der Waals surface area contributed by atoms with Gasteiger partial charge in [-0.2, -0.15) is 0 Å². The van der Waals surface area contributed by atoms with Gasteiger partial charge >= 0.3 is 0 Å². The van der Waals surface area contributed by atoms with Gasteiger partial charge in [-0.25, -0.2) is 0 Å². The monoisotopic (exact) mass is 316 g/mol. The number of hydrogen-bond donors (Lipinski definition) is 1. The standard InChI is InChI=1S/C12H21NO.3C2H6.CH5N/c1-10(2)12-5-7-13(8-6-12)11(3)9-14-4;4*1-2/h9,12H,1,5-8H2,2-4H3;3*1-2H3;2H2,1H3/b11-9+;;;;. The van der Waals surface area contributed by atoms with Crippen LogP contribution in [-0.4, -0.2) is 32.1 Å². The third-order valence-corrected chi connectivity index (χ3v) is 2.98. The summed E-state index contributed by atoms with van der Waals surface area (Å²) >= 11 is 0. The first-order chi connectivity index (χ1) is 10.6. The van der Waals surface area contributed by atoms with Gasteiger partial charge in [0.15, 0.2) is 0 Å². The quantitative estimate of drug-likeness (QED) is 0.557. The van der Waals surface area contributed by atoms with E-state index in [9.17, 15) is 0 Å². The van der Waals surface area contributed by atoms with Gasteiger partial charge < -0.3 is 15.4 Å². The van der Waals surface area contributed by atoms with E-state index >= 15 is 0 Å². The molecule has 3 heteroatoms. The molecule has 1 saturated heterocycles. The molecular weight excluding hydrogens is 272 g/mol. The molecule has 0 atom stereocenters. The van der Waals surface area contributed by atoms with Gasteiger partial charge in [-0.1, -0.05) is 53.7 Å². The van der Waals surface area contributed by atoms with Crippen LogP contribution in [0.2, 0.25) is 0 Å². The van der Waals surface area contributed by atoms with Crippen LogP contribution in [0.4, 0.5) is 0 Å². The molecular formula is C19H44N2O. The Morgan fingerprint density at radius 3 is 1.64 bits per heavy atom. The van der Waals surface area contributed by atoms with Crippen LogP contribution in [0.5, 0.6) is 0 Å². The Bertz CT molecular complexity index is 230. The minimum atomic E-state index is 0.724. The van der Waals surface area contributed by atoms with Gasteiger partial charge in [0.2, 0.25) is 0 Å². The summed E-state index contributed by atoms with van der Waals surface area (Å²) in [6, 6.07) is 0. The Balaban J connectivity index is -0.000000175. The van der Waals surface area contributed by atoms with Crippen molar-refractivity contribution in [2.24, 2.45) is 11.7 Å². The summed E-state index contributed by atoms with van der Waals surface area (Å²) in [7, 11) is 3.20. The van der Waals surface area contributed by atoms with Crippen molar-refractivity contribution in [2.45, 2.75) is 68.2 Å². The molecule has 0 aromatic heterocycles. The number of ether oxygens (including phenoxy) is 1. The fourth-order valence-corrected chi connectivity index (χ4v) is 1.97. The Labute approximate surface area is 141 Å². The average molecular weight is 317 g/mol. The van der Waals surface area contributed by atoms with Crippen LogP contribution < -0.4 is 5.73 Å². The van der Waals surface area contributed by atoms with Gasteiger partial charge in [-0.15, -0.1) is 0 Å². The largest absolute Gasteiger partial charge is 0.503 e. The van der Waals surface area contributed by atoms with Crippen molar-refractivity contribution in [1.29, 1.82) is 0 Å². The zero-order valence-electron chi connectivity index (χ0n) is 17.1. The van der Waals surface area contributed by atoms with Crippen molar-refractivity contribution in [3.63, 3.8) is 0 Å². The molecule has 0 amide bonds.